The maximum Gasteiger partial charge on any atom is 0.254 e. The molecule has 2 bridgehead atoms. The summed E-state index contributed by atoms with van der Waals surface area (Å²) in [6, 6.07) is 17.2. The zero-order chi connectivity index (χ0) is 24.7. The van der Waals surface area contributed by atoms with Crippen molar-refractivity contribution >= 4 is 5.91 Å². The fraction of sp³-hybridized carbons (Fsp3) is 0.276. The first kappa shape index (κ1) is 22.3. The van der Waals surface area contributed by atoms with Crippen molar-refractivity contribution in [2.24, 2.45) is 7.05 Å². The Hall–Kier alpha value is -4.15. The molecule has 0 aliphatic carbocycles. The molecule has 2 aliphatic heterocycles. The van der Waals surface area contributed by atoms with Crippen LogP contribution in [0.5, 0.6) is 0 Å². The van der Waals surface area contributed by atoms with Gasteiger partial charge in [0.2, 0.25) is 0 Å². The van der Waals surface area contributed by atoms with Crippen molar-refractivity contribution in [2.45, 2.75) is 43.4 Å². The van der Waals surface area contributed by atoms with E-state index in [9.17, 15) is 9.90 Å². The predicted molar refractivity (Wildman–Crippen MR) is 135 cm³/mol. The predicted octanol–water partition coefficient (Wildman–Crippen LogP) is 3.66. The average Bonchev–Trinajstić information content (AvgIpc) is 3.63. The van der Waals surface area contributed by atoms with Gasteiger partial charge in [-0.15, -0.1) is 0 Å². The molecule has 4 aromatic rings. The van der Waals surface area contributed by atoms with E-state index in [1.807, 2.05) is 83.5 Å². The van der Waals surface area contributed by atoms with E-state index in [2.05, 4.69) is 21.9 Å². The molecule has 7 nitrogen and oxygen atoms in total. The number of hydrogen-bond donors (Lipinski definition) is 1. The molecule has 2 unspecified atom stereocenters. The zero-order valence-electron chi connectivity index (χ0n) is 20.1. The number of imidazole rings is 1. The van der Waals surface area contributed by atoms with Gasteiger partial charge >= 0.3 is 0 Å². The van der Waals surface area contributed by atoms with Crippen LogP contribution < -0.4 is 0 Å². The summed E-state index contributed by atoms with van der Waals surface area (Å²) in [5, 5.41) is 15.8. The highest BCUT2D eigenvalue weighted by molar-refractivity contribution is 5.95. The highest BCUT2D eigenvalue weighted by Gasteiger charge is 2.51. The van der Waals surface area contributed by atoms with Gasteiger partial charge in [0.05, 0.1) is 11.3 Å². The molecule has 1 N–H and O–H groups in total. The molecule has 4 heterocycles. The van der Waals surface area contributed by atoms with Crippen LogP contribution >= 0.6 is 0 Å². The van der Waals surface area contributed by atoms with Crippen LogP contribution in [0, 0.1) is 11.8 Å². The Morgan fingerprint density at radius 1 is 1.00 bits per heavy atom. The van der Waals surface area contributed by atoms with Crippen LogP contribution in [0.15, 0.2) is 79.4 Å². The smallest absolute Gasteiger partial charge is 0.254 e. The lowest BCUT2D eigenvalue weighted by molar-refractivity contribution is -0.0555. The summed E-state index contributed by atoms with van der Waals surface area (Å²) >= 11 is 0. The molecule has 2 atom stereocenters. The van der Waals surface area contributed by atoms with Crippen molar-refractivity contribution in [3.8, 4) is 17.5 Å². The van der Waals surface area contributed by atoms with E-state index in [1.54, 1.807) is 17.1 Å². The Balaban J connectivity index is 1.32. The van der Waals surface area contributed by atoms with E-state index in [0.29, 0.717) is 24.2 Å². The molecule has 0 radical (unpaired) electrons. The number of carbonyl (C=O) groups excluding carboxylic acids is 1. The quantitative estimate of drug-likeness (QED) is 0.457. The molecular weight excluding hydrogens is 450 g/mol. The third-order valence-corrected chi connectivity index (χ3v) is 7.35. The number of amides is 1. The molecule has 0 spiro atoms. The van der Waals surface area contributed by atoms with Crippen molar-refractivity contribution in [2.75, 3.05) is 0 Å². The molecular formula is C29H27N5O2. The molecule has 7 heteroatoms. The van der Waals surface area contributed by atoms with Crippen LogP contribution in [-0.2, 0) is 12.6 Å². The number of hydrogen-bond acceptors (Lipinski definition) is 4. The first-order valence-corrected chi connectivity index (χ1v) is 12.3. The lowest BCUT2D eigenvalue weighted by Crippen LogP contribution is -2.52. The molecule has 2 aromatic carbocycles. The highest BCUT2D eigenvalue weighted by atomic mass is 16.3. The number of aliphatic hydroxyl groups is 1. The van der Waals surface area contributed by atoms with E-state index in [-0.39, 0.29) is 18.0 Å². The number of piperidine rings is 1. The summed E-state index contributed by atoms with van der Waals surface area (Å²) in [6.07, 6.45) is 9.91. The van der Waals surface area contributed by atoms with Gasteiger partial charge in [-0.3, -0.25) is 4.79 Å². The fourth-order valence-corrected chi connectivity index (χ4v) is 5.74. The Labute approximate surface area is 210 Å². The van der Waals surface area contributed by atoms with Crippen molar-refractivity contribution in [3.63, 3.8) is 0 Å². The van der Waals surface area contributed by atoms with Gasteiger partial charge < -0.3 is 14.6 Å². The van der Waals surface area contributed by atoms with E-state index < -0.39 is 5.60 Å². The summed E-state index contributed by atoms with van der Waals surface area (Å²) < 4.78 is 3.64. The fourth-order valence-electron chi connectivity index (χ4n) is 5.74. The van der Waals surface area contributed by atoms with Crippen molar-refractivity contribution in [1.82, 2.24) is 24.2 Å². The molecule has 2 aliphatic rings. The molecule has 6 rings (SSSR count). The zero-order valence-corrected chi connectivity index (χ0v) is 20.1. The third-order valence-electron chi connectivity index (χ3n) is 7.35. The van der Waals surface area contributed by atoms with Crippen LogP contribution in [0.1, 0.15) is 53.0 Å². The summed E-state index contributed by atoms with van der Waals surface area (Å²) in [5.41, 5.74) is 2.05. The number of carbonyl (C=O) groups is 1. The summed E-state index contributed by atoms with van der Waals surface area (Å²) in [5.74, 6) is 7.13. The number of fused-ring (bicyclic) bond motifs is 2. The van der Waals surface area contributed by atoms with Gasteiger partial charge in [0.15, 0.2) is 0 Å². The van der Waals surface area contributed by atoms with Crippen molar-refractivity contribution in [3.05, 3.63) is 102 Å². The number of nitrogens with zero attached hydrogens (tertiary/aromatic N) is 5. The molecule has 0 saturated carbocycles. The number of benzene rings is 2. The Morgan fingerprint density at radius 3 is 2.44 bits per heavy atom. The second-order valence-corrected chi connectivity index (χ2v) is 9.70. The van der Waals surface area contributed by atoms with Crippen LogP contribution in [0.3, 0.4) is 0 Å². The van der Waals surface area contributed by atoms with Gasteiger partial charge in [-0.1, -0.05) is 30.0 Å². The van der Waals surface area contributed by atoms with E-state index >= 15 is 0 Å². The topological polar surface area (TPSA) is 76.2 Å². The lowest BCUT2D eigenvalue weighted by atomic mass is 9.84. The Kier molecular flexibility index (Phi) is 5.46. The van der Waals surface area contributed by atoms with Crippen molar-refractivity contribution in [1.29, 1.82) is 0 Å². The van der Waals surface area contributed by atoms with Gasteiger partial charge in [-0.2, -0.15) is 5.10 Å². The molecule has 2 saturated heterocycles. The third kappa shape index (κ3) is 3.90. The summed E-state index contributed by atoms with van der Waals surface area (Å²) in [7, 11) is 1.90. The van der Waals surface area contributed by atoms with Gasteiger partial charge in [-0.25, -0.2) is 9.67 Å². The molecule has 2 fully saturated rings. The second-order valence-electron chi connectivity index (χ2n) is 9.70. The van der Waals surface area contributed by atoms with Gasteiger partial charge in [0, 0.05) is 67.9 Å². The van der Waals surface area contributed by atoms with Gasteiger partial charge in [-0.05, 0) is 49.2 Å². The Morgan fingerprint density at radius 2 is 1.78 bits per heavy atom. The molecule has 2 aromatic heterocycles. The number of rotatable bonds is 3. The first-order chi connectivity index (χ1) is 17.5. The molecule has 36 heavy (non-hydrogen) atoms. The van der Waals surface area contributed by atoms with Crippen LogP contribution in [0.2, 0.25) is 0 Å². The minimum atomic E-state index is -1.02. The molecule has 1 amide bonds. The SMILES string of the molecule is Cn1ccnc1C1(O)CC2CCC(C1)N2C(=O)c1ccc(-n2cccn2)c(C#Cc2ccccc2)c1. The maximum atomic E-state index is 13.8. The highest BCUT2D eigenvalue weighted by Crippen LogP contribution is 2.45. The normalized spacial score (nSPS) is 22.8. The summed E-state index contributed by atoms with van der Waals surface area (Å²) in [4.78, 5) is 20.2. The van der Waals surface area contributed by atoms with E-state index in [0.717, 1.165) is 29.7 Å². The van der Waals surface area contributed by atoms with Crippen molar-refractivity contribution < 1.29 is 9.90 Å². The van der Waals surface area contributed by atoms with Crippen LogP contribution in [0.4, 0.5) is 0 Å². The first-order valence-electron chi connectivity index (χ1n) is 12.3. The minimum Gasteiger partial charge on any atom is -0.382 e. The van der Waals surface area contributed by atoms with Gasteiger partial charge in [0.1, 0.15) is 11.4 Å². The second kappa shape index (κ2) is 8.81. The lowest BCUT2D eigenvalue weighted by Gasteiger charge is -2.43. The summed E-state index contributed by atoms with van der Waals surface area (Å²) in [6.45, 7) is 0. The largest absolute Gasteiger partial charge is 0.382 e. The average molecular weight is 478 g/mol. The maximum absolute atomic E-state index is 13.8. The van der Waals surface area contributed by atoms with Gasteiger partial charge in [0.25, 0.3) is 5.91 Å². The van der Waals surface area contributed by atoms with E-state index in [4.69, 9.17) is 0 Å². The van der Waals surface area contributed by atoms with E-state index in [1.165, 1.54) is 0 Å². The number of aryl methyl sites for hydroxylation is 1. The Bertz CT molecular complexity index is 1450. The standard InChI is InChI=1S/C29H27N5O2/c1-32-17-15-30-28(32)29(36)19-24-11-12-25(20-29)34(24)27(35)23-10-13-26(33-16-5-14-31-33)22(18-23)9-8-21-6-3-2-4-7-21/h2-7,10,13-18,24-25,36H,11-12,19-20H2,1H3. The van der Waals surface area contributed by atoms with Crippen LogP contribution in [-0.4, -0.2) is 47.3 Å². The minimum absolute atomic E-state index is 0.0147. The monoisotopic (exact) mass is 477 g/mol. The number of aromatic nitrogens is 4. The molecule has 180 valence electrons. The van der Waals surface area contributed by atoms with Crippen LogP contribution in [0.25, 0.3) is 5.69 Å².